The highest BCUT2D eigenvalue weighted by molar-refractivity contribution is 7.93. The molecule has 0 aromatic heterocycles. The van der Waals surface area contributed by atoms with Crippen molar-refractivity contribution >= 4 is 60.3 Å². The number of hydrogen-bond acceptors (Lipinski definition) is 7. The van der Waals surface area contributed by atoms with Crippen LogP contribution < -0.4 is 14.3 Å². The van der Waals surface area contributed by atoms with E-state index >= 15 is 0 Å². The zero-order valence-electron chi connectivity index (χ0n) is 21.4. The van der Waals surface area contributed by atoms with E-state index in [1.807, 2.05) is 0 Å². The molecule has 0 heterocycles. The molecule has 0 aliphatic heterocycles. The van der Waals surface area contributed by atoms with Crippen molar-refractivity contribution in [1.29, 1.82) is 0 Å². The van der Waals surface area contributed by atoms with Crippen LogP contribution in [-0.4, -0.2) is 34.2 Å². The summed E-state index contributed by atoms with van der Waals surface area (Å²) in [5.74, 6) is -0.730. The van der Waals surface area contributed by atoms with Gasteiger partial charge in [0.1, 0.15) is 6.54 Å². The summed E-state index contributed by atoms with van der Waals surface area (Å²) in [6.45, 7) is 1.02. The summed E-state index contributed by atoms with van der Waals surface area (Å²) in [5, 5.41) is 14.0. The number of rotatable bonds is 10. The molecule has 14 heteroatoms. The third-order valence-corrected chi connectivity index (χ3v) is 9.51. The zero-order chi connectivity index (χ0) is 29.8. The molecule has 0 fully saturated rings. The first-order valence-electron chi connectivity index (χ1n) is 11.9. The minimum atomic E-state index is -4.23. The number of carbonyl (C=O) groups is 1. The summed E-state index contributed by atoms with van der Waals surface area (Å²) in [4.78, 5) is 23.2. The van der Waals surface area contributed by atoms with Crippen molar-refractivity contribution < 1.29 is 26.6 Å². The lowest BCUT2D eigenvalue weighted by atomic mass is 10.2. The van der Waals surface area contributed by atoms with Crippen molar-refractivity contribution in [2.24, 2.45) is 0 Å². The predicted octanol–water partition coefficient (Wildman–Crippen LogP) is 5.19. The highest BCUT2D eigenvalue weighted by atomic mass is 35.5. The van der Waals surface area contributed by atoms with Crippen molar-refractivity contribution in [3.05, 3.63) is 118 Å². The van der Waals surface area contributed by atoms with Gasteiger partial charge in [-0.25, -0.2) is 16.8 Å². The molecule has 2 N–H and O–H groups in total. The van der Waals surface area contributed by atoms with E-state index < -0.39 is 37.4 Å². The smallest absolute Gasteiger partial charge is 0.269 e. The Labute approximate surface area is 241 Å². The molecule has 1 amide bonds. The van der Waals surface area contributed by atoms with Crippen LogP contribution in [0.5, 0.6) is 0 Å². The Bertz CT molecular complexity index is 1800. The van der Waals surface area contributed by atoms with Gasteiger partial charge in [0, 0.05) is 22.8 Å². The Morgan fingerprint density at radius 3 is 2.10 bits per heavy atom. The lowest BCUT2D eigenvalue weighted by Crippen LogP contribution is -2.38. The number of non-ortho nitro benzene ring substituents is 1. The van der Waals surface area contributed by atoms with Crippen LogP contribution in [0.2, 0.25) is 5.02 Å². The van der Waals surface area contributed by atoms with E-state index in [0.29, 0.717) is 16.3 Å². The Hall–Kier alpha value is -4.46. The molecule has 0 saturated heterocycles. The van der Waals surface area contributed by atoms with E-state index in [1.54, 1.807) is 31.2 Å². The van der Waals surface area contributed by atoms with E-state index in [2.05, 4.69) is 10.0 Å². The number of hydrogen-bond donors (Lipinski definition) is 2. The number of nitrogens with zero attached hydrogens (tertiary/aromatic N) is 2. The molecule has 0 unspecified atom stereocenters. The van der Waals surface area contributed by atoms with Crippen molar-refractivity contribution in [2.75, 3.05) is 20.9 Å². The quantitative estimate of drug-likeness (QED) is 0.184. The third kappa shape index (κ3) is 6.82. The molecule has 0 saturated carbocycles. The maximum absolute atomic E-state index is 13.4. The number of halogens is 1. The molecule has 4 aromatic carbocycles. The first-order chi connectivity index (χ1) is 19.4. The summed E-state index contributed by atoms with van der Waals surface area (Å²) in [6.07, 6.45) is 0. The summed E-state index contributed by atoms with van der Waals surface area (Å²) < 4.78 is 55.9. The van der Waals surface area contributed by atoms with Crippen molar-refractivity contribution in [3.63, 3.8) is 0 Å². The van der Waals surface area contributed by atoms with Gasteiger partial charge in [-0.3, -0.25) is 23.9 Å². The normalized spacial score (nSPS) is 11.5. The van der Waals surface area contributed by atoms with Gasteiger partial charge in [0.25, 0.3) is 25.7 Å². The number of amides is 1. The van der Waals surface area contributed by atoms with Crippen LogP contribution in [0.25, 0.3) is 0 Å². The van der Waals surface area contributed by atoms with Crippen LogP contribution >= 0.6 is 11.6 Å². The maximum atomic E-state index is 13.4. The molecule has 0 bridgehead atoms. The Morgan fingerprint density at radius 1 is 0.854 bits per heavy atom. The van der Waals surface area contributed by atoms with Crippen LogP contribution in [0.15, 0.2) is 107 Å². The Morgan fingerprint density at radius 2 is 1.49 bits per heavy atom. The average Bonchev–Trinajstić information content (AvgIpc) is 2.95. The standard InChI is InChI=1S/C27H23ClN4O7S2/c1-19-25(28)8-5-9-26(19)30-40(36,37)23-16-10-20(11-17-23)29-27(33)18-31(21-12-14-22(15-13-21)32(34)35)41(38,39)24-6-3-2-4-7-24/h2-17,30H,18H2,1H3,(H,29,33). The number of anilines is 3. The van der Waals surface area contributed by atoms with E-state index in [9.17, 15) is 31.7 Å². The minimum Gasteiger partial charge on any atom is -0.325 e. The lowest BCUT2D eigenvalue weighted by Gasteiger charge is -2.24. The second kappa shape index (κ2) is 12.0. The van der Waals surface area contributed by atoms with E-state index in [0.717, 1.165) is 16.4 Å². The zero-order valence-corrected chi connectivity index (χ0v) is 23.8. The number of nitro groups is 1. The van der Waals surface area contributed by atoms with E-state index in [1.165, 1.54) is 60.7 Å². The Kier molecular flexibility index (Phi) is 8.61. The van der Waals surface area contributed by atoms with Gasteiger partial charge in [-0.05, 0) is 73.2 Å². The first kappa shape index (κ1) is 29.5. The van der Waals surface area contributed by atoms with Gasteiger partial charge in [0.15, 0.2) is 0 Å². The molecule has 41 heavy (non-hydrogen) atoms. The molecule has 4 aromatic rings. The van der Waals surface area contributed by atoms with Gasteiger partial charge in [-0.2, -0.15) is 0 Å². The molecule has 0 radical (unpaired) electrons. The first-order valence-corrected chi connectivity index (χ1v) is 15.2. The Balaban J connectivity index is 1.54. The molecule has 4 rings (SSSR count). The fourth-order valence-electron chi connectivity index (χ4n) is 3.75. The molecule has 0 aliphatic carbocycles. The fraction of sp³-hybridized carbons (Fsp3) is 0.0741. The molecule has 0 atom stereocenters. The van der Waals surface area contributed by atoms with Crippen LogP contribution in [-0.2, 0) is 24.8 Å². The summed E-state index contributed by atoms with van der Waals surface area (Å²) in [6, 6.07) is 22.3. The average molecular weight is 615 g/mol. The fourth-order valence-corrected chi connectivity index (χ4v) is 6.48. The van der Waals surface area contributed by atoms with Gasteiger partial charge < -0.3 is 5.32 Å². The SMILES string of the molecule is Cc1c(Cl)cccc1NS(=O)(=O)c1ccc(NC(=O)CN(c2ccc([N+](=O)[O-])cc2)S(=O)(=O)c2ccccc2)cc1. The monoisotopic (exact) mass is 614 g/mol. The summed E-state index contributed by atoms with van der Waals surface area (Å²) in [7, 11) is -8.20. The third-order valence-electron chi connectivity index (χ3n) is 5.93. The predicted molar refractivity (Wildman–Crippen MR) is 156 cm³/mol. The maximum Gasteiger partial charge on any atom is 0.269 e. The van der Waals surface area contributed by atoms with Gasteiger partial charge in [-0.15, -0.1) is 0 Å². The number of nitrogens with one attached hydrogen (secondary N) is 2. The second-order valence-electron chi connectivity index (χ2n) is 8.69. The van der Waals surface area contributed by atoms with Crippen LogP contribution in [0, 0.1) is 17.0 Å². The largest absolute Gasteiger partial charge is 0.325 e. The van der Waals surface area contributed by atoms with Gasteiger partial charge >= 0.3 is 0 Å². The second-order valence-corrected chi connectivity index (χ2v) is 12.6. The van der Waals surface area contributed by atoms with Gasteiger partial charge in [-0.1, -0.05) is 35.9 Å². The van der Waals surface area contributed by atoms with Crippen molar-refractivity contribution in [3.8, 4) is 0 Å². The van der Waals surface area contributed by atoms with Gasteiger partial charge in [0.05, 0.1) is 26.1 Å². The highest BCUT2D eigenvalue weighted by Gasteiger charge is 2.28. The minimum absolute atomic E-state index is 0.0402. The summed E-state index contributed by atoms with van der Waals surface area (Å²) >= 11 is 6.07. The van der Waals surface area contributed by atoms with Crippen molar-refractivity contribution in [1.82, 2.24) is 0 Å². The number of sulfonamides is 2. The van der Waals surface area contributed by atoms with Crippen LogP contribution in [0.1, 0.15) is 5.56 Å². The molecular weight excluding hydrogens is 592 g/mol. The van der Waals surface area contributed by atoms with E-state index in [-0.39, 0.29) is 26.9 Å². The summed E-state index contributed by atoms with van der Waals surface area (Å²) in [5.41, 5.74) is 0.892. The van der Waals surface area contributed by atoms with E-state index in [4.69, 9.17) is 11.6 Å². The number of benzene rings is 4. The van der Waals surface area contributed by atoms with Crippen molar-refractivity contribution in [2.45, 2.75) is 16.7 Å². The number of carbonyl (C=O) groups excluding carboxylic acids is 1. The highest BCUT2D eigenvalue weighted by Crippen LogP contribution is 2.27. The topological polar surface area (TPSA) is 156 Å². The molecular formula is C27H23ClN4O7S2. The molecule has 212 valence electrons. The lowest BCUT2D eigenvalue weighted by molar-refractivity contribution is -0.384. The van der Waals surface area contributed by atoms with Crippen LogP contribution in [0.4, 0.5) is 22.7 Å². The molecule has 0 aliphatic rings. The molecule has 11 nitrogen and oxygen atoms in total. The molecule has 0 spiro atoms. The number of nitro benzene ring substituents is 1. The van der Waals surface area contributed by atoms with Gasteiger partial charge in [0.2, 0.25) is 5.91 Å². The van der Waals surface area contributed by atoms with Crippen LogP contribution in [0.3, 0.4) is 0 Å².